The molecule has 9 heteroatoms. The fraction of sp³-hybridized carbons (Fsp3) is 0.111. The number of halogens is 1. The summed E-state index contributed by atoms with van der Waals surface area (Å²) in [6.45, 7) is -0.190. The fourth-order valence-electron chi connectivity index (χ4n) is 4.10. The van der Waals surface area contributed by atoms with Gasteiger partial charge in [0.05, 0.1) is 32.2 Å². The summed E-state index contributed by atoms with van der Waals surface area (Å²) in [7, 11) is 1.51. The van der Waals surface area contributed by atoms with Crippen LogP contribution in [0.3, 0.4) is 0 Å². The second-order valence-electron chi connectivity index (χ2n) is 8.17. The summed E-state index contributed by atoms with van der Waals surface area (Å²) in [6, 6.07) is 21.2. The first kappa shape index (κ1) is 23.0. The number of rotatable bonds is 7. The zero-order chi connectivity index (χ0) is 25.2. The van der Waals surface area contributed by atoms with Crippen LogP contribution in [0.1, 0.15) is 15.9 Å². The van der Waals surface area contributed by atoms with E-state index in [0.29, 0.717) is 11.3 Å². The minimum Gasteiger partial charge on any atom is -0.497 e. The Morgan fingerprint density at radius 1 is 0.972 bits per heavy atom. The zero-order valence-corrected chi connectivity index (χ0v) is 19.3. The zero-order valence-electron chi connectivity index (χ0n) is 19.3. The van der Waals surface area contributed by atoms with E-state index < -0.39 is 17.1 Å². The molecule has 36 heavy (non-hydrogen) atoms. The third-order valence-corrected chi connectivity index (χ3v) is 5.86. The van der Waals surface area contributed by atoms with Gasteiger partial charge in [0.15, 0.2) is 16.9 Å². The molecule has 0 spiro atoms. The molecule has 0 atom stereocenters. The van der Waals surface area contributed by atoms with Gasteiger partial charge >= 0.3 is 5.69 Å². The largest absolute Gasteiger partial charge is 0.497 e. The normalized spacial score (nSPS) is 11.1. The van der Waals surface area contributed by atoms with Gasteiger partial charge in [0.1, 0.15) is 11.6 Å². The highest BCUT2D eigenvalue weighted by Gasteiger charge is 2.21. The van der Waals surface area contributed by atoms with Crippen LogP contribution in [-0.2, 0) is 13.1 Å². The third-order valence-electron chi connectivity index (χ3n) is 5.86. The van der Waals surface area contributed by atoms with Crippen LogP contribution in [0.25, 0.3) is 16.9 Å². The molecule has 0 bridgehead atoms. The SMILES string of the molecule is COc1cccc(C(=O)Cn2cnc3c2c(=O)n(Cc2ccccc2)c(=O)n3-c2cccc(F)c2)c1. The molecule has 0 aliphatic carbocycles. The molecule has 2 heterocycles. The van der Waals surface area contributed by atoms with Gasteiger partial charge < -0.3 is 9.30 Å². The molecule has 180 valence electrons. The molecule has 0 aliphatic heterocycles. The number of hydrogen-bond donors (Lipinski definition) is 0. The lowest BCUT2D eigenvalue weighted by Crippen LogP contribution is -2.40. The van der Waals surface area contributed by atoms with Gasteiger partial charge in [0.2, 0.25) is 0 Å². The first-order valence-corrected chi connectivity index (χ1v) is 11.1. The maximum atomic E-state index is 14.1. The molecule has 0 saturated carbocycles. The number of fused-ring (bicyclic) bond motifs is 1. The maximum absolute atomic E-state index is 14.1. The first-order valence-electron chi connectivity index (χ1n) is 11.1. The predicted molar refractivity (Wildman–Crippen MR) is 132 cm³/mol. The number of benzene rings is 3. The molecule has 0 radical (unpaired) electrons. The summed E-state index contributed by atoms with van der Waals surface area (Å²) in [5.74, 6) is -0.284. The number of ether oxygens (including phenoxy) is 1. The topological polar surface area (TPSA) is 88.1 Å². The maximum Gasteiger partial charge on any atom is 0.337 e. The second-order valence-corrected chi connectivity index (χ2v) is 8.17. The number of carbonyl (C=O) groups is 1. The Hall–Kier alpha value is -4.79. The smallest absolute Gasteiger partial charge is 0.337 e. The number of imidazole rings is 1. The number of hydrogen-bond acceptors (Lipinski definition) is 5. The Labute approximate surface area is 204 Å². The van der Waals surface area contributed by atoms with Crippen molar-refractivity contribution >= 4 is 16.9 Å². The molecule has 0 fully saturated rings. The summed E-state index contributed by atoms with van der Waals surface area (Å²) < 4.78 is 22.9. The van der Waals surface area contributed by atoms with Gasteiger partial charge in [-0.2, -0.15) is 0 Å². The van der Waals surface area contributed by atoms with Gasteiger partial charge in [-0.25, -0.2) is 18.7 Å². The van der Waals surface area contributed by atoms with Gasteiger partial charge in [0.25, 0.3) is 5.56 Å². The minimum atomic E-state index is -0.661. The number of carbonyl (C=O) groups excluding carboxylic acids is 1. The lowest BCUT2D eigenvalue weighted by Gasteiger charge is -2.13. The van der Waals surface area contributed by atoms with E-state index in [1.165, 1.54) is 40.8 Å². The third kappa shape index (κ3) is 4.22. The van der Waals surface area contributed by atoms with Crippen LogP contribution in [0.5, 0.6) is 5.75 Å². The van der Waals surface area contributed by atoms with Gasteiger partial charge in [-0.1, -0.05) is 48.5 Å². The standard InChI is InChI=1S/C27H21FN4O4/c1-36-22-12-5-9-19(13-22)23(33)16-30-17-29-25-24(30)26(34)31(15-18-7-3-2-4-8-18)27(35)32(25)21-11-6-10-20(28)14-21/h2-14,17H,15-16H2,1H3. The van der Waals surface area contributed by atoms with Crippen LogP contribution in [0.15, 0.2) is 94.8 Å². The molecular formula is C27H21FN4O4. The van der Waals surface area contributed by atoms with E-state index in [1.54, 1.807) is 54.6 Å². The Morgan fingerprint density at radius 3 is 2.50 bits per heavy atom. The van der Waals surface area contributed by atoms with Gasteiger partial charge in [-0.3, -0.25) is 14.2 Å². The van der Waals surface area contributed by atoms with Crippen LogP contribution in [-0.4, -0.2) is 31.6 Å². The summed E-state index contributed by atoms with van der Waals surface area (Å²) in [6.07, 6.45) is 1.34. The van der Waals surface area contributed by atoms with Crippen molar-refractivity contribution < 1.29 is 13.9 Å². The number of nitrogens with zero attached hydrogens (tertiary/aromatic N) is 4. The number of methoxy groups -OCH3 is 1. The van der Waals surface area contributed by atoms with E-state index in [4.69, 9.17) is 4.74 Å². The van der Waals surface area contributed by atoms with E-state index in [-0.39, 0.29) is 35.7 Å². The van der Waals surface area contributed by atoms with E-state index in [9.17, 15) is 18.8 Å². The molecule has 0 aliphatic rings. The number of ketones is 1. The van der Waals surface area contributed by atoms with E-state index in [0.717, 1.165) is 10.1 Å². The fourth-order valence-corrected chi connectivity index (χ4v) is 4.10. The van der Waals surface area contributed by atoms with Crippen LogP contribution < -0.4 is 16.0 Å². The highest BCUT2D eigenvalue weighted by Crippen LogP contribution is 2.17. The van der Waals surface area contributed by atoms with Gasteiger partial charge in [-0.15, -0.1) is 0 Å². The van der Waals surface area contributed by atoms with E-state index in [1.807, 2.05) is 6.07 Å². The molecule has 8 nitrogen and oxygen atoms in total. The van der Waals surface area contributed by atoms with Crippen LogP contribution in [0, 0.1) is 5.82 Å². The van der Waals surface area contributed by atoms with Crippen LogP contribution >= 0.6 is 0 Å². The Morgan fingerprint density at radius 2 is 1.75 bits per heavy atom. The van der Waals surface area contributed by atoms with Crippen molar-refractivity contribution in [3.05, 3.63) is 123 Å². The van der Waals surface area contributed by atoms with Crippen LogP contribution in [0.2, 0.25) is 0 Å². The molecule has 5 rings (SSSR count). The average molecular weight is 484 g/mol. The number of aromatic nitrogens is 4. The van der Waals surface area contributed by atoms with Crippen molar-refractivity contribution in [2.75, 3.05) is 7.11 Å². The Kier molecular flexibility index (Phi) is 6.03. The minimum absolute atomic E-state index is 0.00122. The summed E-state index contributed by atoms with van der Waals surface area (Å²) in [4.78, 5) is 44.4. The van der Waals surface area contributed by atoms with E-state index in [2.05, 4.69) is 4.98 Å². The summed E-state index contributed by atoms with van der Waals surface area (Å²) in [5, 5.41) is 0. The molecule has 0 amide bonds. The van der Waals surface area contributed by atoms with Crippen molar-refractivity contribution in [2.24, 2.45) is 0 Å². The lowest BCUT2D eigenvalue weighted by atomic mass is 10.1. The van der Waals surface area contributed by atoms with Gasteiger partial charge in [-0.05, 0) is 35.9 Å². The Bertz CT molecular complexity index is 1700. The number of Topliss-reactive ketones (excluding diaryl/α,β-unsaturated/α-hetero) is 1. The van der Waals surface area contributed by atoms with Gasteiger partial charge in [0, 0.05) is 5.56 Å². The van der Waals surface area contributed by atoms with Crippen molar-refractivity contribution in [2.45, 2.75) is 13.1 Å². The first-order chi connectivity index (χ1) is 17.5. The van der Waals surface area contributed by atoms with E-state index >= 15 is 0 Å². The molecule has 5 aromatic rings. The molecule has 3 aromatic carbocycles. The molecule has 2 aromatic heterocycles. The molecular weight excluding hydrogens is 463 g/mol. The highest BCUT2D eigenvalue weighted by atomic mass is 19.1. The van der Waals surface area contributed by atoms with Crippen LogP contribution in [0.4, 0.5) is 4.39 Å². The highest BCUT2D eigenvalue weighted by molar-refractivity contribution is 5.96. The molecule has 0 unspecified atom stereocenters. The van der Waals surface area contributed by atoms with Crippen molar-refractivity contribution in [3.63, 3.8) is 0 Å². The predicted octanol–water partition coefficient (Wildman–Crippen LogP) is 3.43. The molecule has 0 N–H and O–H groups in total. The summed E-state index contributed by atoms with van der Waals surface area (Å²) in [5.41, 5.74) is 0.203. The van der Waals surface area contributed by atoms with Crippen molar-refractivity contribution in [1.29, 1.82) is 0 Å². The van der Waals surface area contributed by atoms with Crippen molar-refractivity contribution in [3.8, 4) is 11.4 Å². The monoisotopic (exact) mass is 484 g/mol. The Balaban J connectivity index is 1.69. The second kappa shape index (κ2) is 9.46. The summed E-state index contributed by atoms with van der Waals surface area (Å²) >= 11 is 0. The average Bonchev–Trinajstić information content (AvgIpc) is 3.30. The molecule has 0 saturated heterocycles. The quantitative estimate of drug-likeness (QED) is 0.330. The lowest BCUT2D eigenvalue weighted by molar-refractivity contribution is 0.0973. The van der Waals surface area contributed by atoms with Crippen molar-refractivity contribution in [1.82, 2.24) is 18.7 Å².